The first-order valence-electron chi connectivity index (χ1n) is 6.86. The van der Waals surface area contributed by atoms with Gasteiger partial charge in [0.2, 0.25) is 5.95 Å². The third-order valence-corrected chi connectivity index (χ3v) is 3.45. The molecule has 0 fully saturated rings. The lowest BCUT2D eigenvalue weighted by Crippen LogP contribution is -2.00. The zero-order valence-electron chi connectivity index (χ0n) is 12.6. The van der Waals surface area contributed by atoms with Crippen LogP contribution in [-0.2, 0) is 0 Å². The van der Waals surface area contributed by atoms with E-state index in [0.29, 0.717) is 18.3 Å². The number of rotatable bonds is 7. The maximum Gasteiger partial charge on any atom is 0.221 e. The van der Waals surface area contributed by atoms with Crippen molar-refractivity contribution in [3.8, 4) is 11.5 Å². The van der Waals surface area contributed by atoms with Crippen LogP contribution in [0.15, 0.2) is 29.5 Å². The van der Waals surface area contributed by atoms with Crippen LogP contribution in [0.25, 0.3) is 0 Å². The predicted octanol–water partition coefficient (Wildman–Crippen LogP) is 2.83. The van der Waals surface area contributed by atoms with Crippen molar-refractivity contribution in [1.82, 2.24) is 9.66 Å². The number of imidazole rings is 1. The Morgan fingerprint density at radius 2 is 2.23 bits per heavy atom. The Balaban J connectivity index is 2.13. The summed E-state index contributed by atoms with van der Waals surface area (Å²) in [5.74, 6) is 1.75. The molecule has 2 rings (SSSR count). The van der Waals surface area contributed by atoms with Gasteiger partial charge < -0.3 is 15.2 Å². The molecule has 0 unspecified atom stereocenters. The minimum absolute atomic E-state index is 0.357. The molecule has 7 heteroatoms. The fourth-order valence-electron chi connectivity index (χ4n) is 1.85. The van der Waals surface area contributed by atoms with Crippen LogP contribution in [0.5, 0.6) is 11.5 Å². The second kappa shape index (κ2) is 7.84. The number of nitrogens with two attached hydrogens (primary N) is 1. The van der Waals surface area contributed by atoms with Gasteiger partial charge in [-0.3, -0.25) is 0 Å². The summed E-state index contributed by atoms with van der Waals surface area (Å²) in [7, 11) is 1.62. The molecule has 0 amide bonds. The van der Waals surface area contributed by atoms with E-state index in [1.54, 1.807) is 19.5 Å². The molecule has 0 radical (unpaired) electrons. The van der Waals surface area contributed by atoms with E-state index in [0.717, 1.165) is 28.8 Å². The van der Waals surface area contributed by atoms with E-state index in [9.17, 15) is 0 Å². The van der Waals surface area contributed by atoms with Crippen molar-refractivity contribution in [1.29, 1.82) is 0 Å². The molecule has 118 valence electrons. The molecule has 6 nitrogen and oxygen atoms in total. The molecule has 0 aliphatic heterocycles. The van der Waals surface area contributed by atoms with Gasteiger partial charge in [0.15, 0.2) is 11.5 Å². The number of aromatic nitrogens is 2. The summed E-state index contributed by atoms with van der Waals surface area (Å²) in [6.45, 7) is 2.50. The van der Waals surface area contributed by atoms with E-state index >= 15 is 0 Å². The summed E-state index contributed by atoms with van der Waals surface area (Å²) in [5, 5.41) is 5.19. The van der Waals surface area contributed by atoms with Crippen LogP contribution < -0.4 is 15.2 Å². The van der Waals surface area contributed by atoms with E-state index in [1.807, 2.05) is 25.1 Å². The number of ether oxygens (including phenoxy) is 2. The highest BCUT2D eigenvalue weighted by Crippen LogP contribution is 2.27. The van der Waals surface area contributed by atoms with E-state index in [1.165, 1.54) is 4.68 Å². The van der Waals surface area contributed by atoms with Crippen LogP contribution in [0.3, 0.4) is 0 Å². The van der Waals surface area contributed by atoms with E-state index < -0.39 is 0 Å². The van der Waals surface area contributed by atoms with E-state index in [-0.39, 0.29) is 0 Å². The lowest BCUT2D eigenvalue weighted by molar-refractivity contribution is 0.295. The molecule has 0 aliphatic rings. The summed E-state index contributed by atoms with van der Waals surface area (Å²) >= 11 is 3.37. The first-order valence-corrected chi connectivity index (χ1v) is 7.99. The van der Waals surface area contributed by atoms with Crippen LogP contribution in [0, 0.1) is 6.92 Å². The smallest absolute Gasteiger partial charge is 0.221 e. The number of anilines is 1. The number of methoxy groups -OCH3 is 1. The van der Waals surface area contributed by atoms with Crippen LogP contribution in [0.4, 0.5) is 5.95 Å². The maximum atomic E-state index is 5.74. The highest BCUT2D eigenvalue weighted by molar-refractivity contribution is 9.09. The zero-order chi connectivity index (χ0) is 15.9. The van der Waals surface area contributed by atoms with Gasteiger partial charge in [-0.2, -0.15) is 5.10 Å². The molecule has 0 spiro atoms. The van der Waals surface area contributed by atoms with E-state index in [4.69, 9.17) is 15.2 Å². The lowest BCUT2D eigenvalue weighted by atomic mass is 10.2. The molecule has 1 heterocycles. The predicted molar refractivity (Wildman–Crippen MR) is 91.3 cm³/mol. The van der Waals surface area contributed by atoms with Gasteiger partial charge in [-0.05, 0) is 37.1 Å². The molecule has 0 saturated heterocycles. The highest BCUT2D eigenvalue weighted by Gasteiger charge is 2.05. The van der Waals surface area contributed by atoms with Gasteiger partial charge >= 0.3 is 0 Å². The van der Waals surface area contributed by atoms with Crippen molar-refractivity contribution < 1.29 is 9.47 Å². The Bertz CT molecular complexity index is 655. The third-order valence-electron chi connectivity index (χ3n) is 2.89. The number of benzene rings is 1. The summed E-state index contributed by atoms with van der Waals surface area (Å²) in [4.78, 5) is 4.09. The van der Waals surface area contributed by atoms with E-state index in [2.05, 4.69) is 26.0 Å². The first-order chi connectivity index (χ1) is 10.6. The Labute approximate surface area is 138 Å². The fraction of sp³-hybridized carbons (Fsp3) is 0.333. The summed E-state index contributed by atoms with van der Waals surface area (Å²) in [5.41, 5.74) is 7.45. The molecular weight excluding hydrogens is 348 g/mol. The van der Waals surface area contributed by atoms with Crippen LogP contribution in [-0.4, -0.2) is 34.9 Å². The number of hydrogen-bond donors (Lipinski definition) is 1. The molecule has 0 saturated carbocycles. The Hall–Kier alpha value is -2.02. The summed E-state index contributed by atoms with van der Waals surface area (Å²) < 4.78 is 12.6. The first kappa shape index (κ1) is 16.4. The quantitative estimate of drug-likeness (QED) is 0.464. The zero-order valence-corrected chi connectivity index (χ0v) is 14.2. The standard InChI is InChI=1S/C15H19BrN4O2/c1-11-10-20(15(17)19-11)18-9-12-4-5-13(14(8-12)21-2)22-7-3-6-16/h4-5,8-10H,3,6-7H2,1-2H3,(H2,17,19). The number of hydrogen-bond acceptors (Lipinski definition) is 5. The van der Waals surface area contributed by atoms with Gasteiger partial charge in [0.05, 0.1) is 31.8 Å². The number of alkyl halides is 1. The second-order valence-corrected chi connectivity index (χ2v) is 5.42. The van der Waals surface area contributed by atoms with Gasteiger partial charge in [-0.15, -0.1) is 0 Å². The molecule has 2 N–H and O–H groups in total. The Kier molecular flexibility index (Phi) is 5.83. The van der Waals surface area contributed by atoms with Gasteiger partial charge in [0.1, 0.15) is 0 Å². The normalized spacial score (nSPS) is 11.0. The molecular formula is C15H19BrN4O2. The molecule has 2 aromatic rings. The number of aryl methyl sites for hydroxylation is 1. The fourth-order valence-corrected chi connectivity index (χ4v) is 2.07. The van der Waals surface area contributed by atoms with Crippen molar-refractivity contribution in [3.05, 3.63) is 35.7 Å². The van der Waals surface area contributed by atoms with Crippen molar-refractivity contribution in [2.24, 2.45) is 5.10 Å². The minimum atomic E-state index is 0.357. The van der Waals surface area contributed by atoms with Crippen molar-refractivity contribution in [2.75, 3.05) is 24.8 Å². The third kappa shape index (κ3) is 4.24. The molecule has 0 aliphatic carbocycles. The molecule has 0 atom stereocenters. The number of halogens is 1. The van der Waals surface area contributed by atoms with Crippen LogP contribution in [0.2, 0.25) is 0 Å². The average Bonchev–Trinajstić information content (AvgIpc) is 2.84. The average molecular weight is 367 g/mol. The van der Waals surface area contributed by atoms with Gasteiger partial charge in [-0.1, -0.05) is 15.9 Å². The largest absolute Gasteiger partial charge is 0.493 e. The van der Waals surface area contributed by atoms with Crippen LogP contribution >= 0.6 is 15.9 Å². The SMILES string of the molecule is COc1cc(C=Nn2cc(C)nc2N)ccc1OCCCBr. The lowest BCUT2D eigenvalue weighted by Gasteiger charge is -2.10. The van der Waals surface area contributed by atoms with Gasteiger partial charge in [0, 0.05) is 5.33 Å². The van der Waals surface area contributed by atoms with Gasteiger partial charge in [-0.25, -0.2) is 9.66 Å². The monoisotopic (exact) mass is 366 g/mol. The number of nitrogens with zero attached hydrogens (tertiary/aromatic N) is 3. The summed E-state index contributed by atoms with van der Waals surface area (Å²) in [6, 6.07) is 5.65. The second-order valence-electron chi connectivity index (χ2n) is 4.63. The minimum Gasteiger partial charge on any atom is -0.493 e. The summed E-state index contributed by atoms with van der Waals surface area (Å²) in [6.07, 6.45) is 4.40. The molecule has 0 bridgehead atoms. The maximum absolute atomic E-state index is 5.74. The highest BCUT2D eigenvalue weighted by atomic mass is 79.9. The molecule has 1 aromatic carbocycles. The number of nitrogen functional groups attached to an aromatic ring is 1. The van der Waals surface area contributed by atoms with Crippen LogP contribution in [0.1, 0.15) is 17.7 Å². The van der Waals surface area contributed by atoms with Crippen molar-refractivity contribution in [2.45, 2.75) is 13.3 Å². The molecule has 22 heavy (non-hydrogen) atoms. The van der Waals surface area contributed by atoms with Crippen molar-refractivity contribution in [3.63, 3.8) is 0 Å². The molecule has 1 aromatic heterocycles. The topological polar surface area (TPSA) is 74.7 Å². The Morgan fingerprint density at radius 3 is 2.86 bits per heavy atom. The van der Waals surface area contributed by atoms with Gasteiger partial charge in [0.25, 0.3) is 0 Å². The van der Waals surface area contributed by atoms with Crippen molar-refractivity contribution >= 4 is 28.1 Å². The Morgan fingerprint density at radius 1 is 1.41 bits per heavy atom.